The number of carboxylic acids is 1. The third kappa shape index (κ3) is 5.34. The van der Waals surface area contributed by atoms with Crippen molar-refractivity contribution in [3.05, 3.63) is 35.9 Å². The number of likely N-dealkylation sites (tertiary alicyclic amines) is 1. The Labute approximate surface area is 169 Å². The van der Waals surface area contributed by atoms with Crippen molar-refractivity contribution in [2.24, 2.45) is 5.92 Å². The Balaban J connectivity index is 1.60. The number of nitrogens with zero attached hydrogens (tertiary/aromatic N) is 1. The first-order chi connectivity index (χ1) is 14.0. The SMILES string of the molecule is O=C1CCC[C@@H]([C@H](NC(=O)[C@H]2CCCN2C(=O)OCc2ccccc2)C(=O)O)C1. The van der Waals surface area contributed by atoms with Crippen LogP contribution in [-0.2, 0) is 25.7 Å². The van der Waals surface area contributed by atoms with E-state index in [0.29, 0.717) is 38.6 Å². The van der Waals surface area contributed by atoms with Crippen molar-refractivity contribution < 1.29 is 29.0 Å². The molecule has 156 valence electrons. The number of aliphatic carboxylic acids is 1. The van der Waals surface area contributed by atoms with E-state index >= 15 is 0 Å². The highest BCUT2D eigenvalue weighted by Gasteiger charge is 2.39. The standard InChI is InChI=1S/C21H26N2O6/c24-16-9-4-8-15(12-16)18(20(26)27)22-19(25)17-10-5-11-23(17)21(28)29-13-14-6-2-1-3-7-14/h1-3,6-7,15,17-18H,4-5,8-13H2,(H,22,25)(H,26,27)/t15-,17-,18+/m1/s1. The Hall–Kier alpha value is -2.90. The number of carbonyl (C=O) groups is 4. The molecule has 1 heterocycles. The van der Waals surface area contributed by atoms with Crippen LogP contribution in [-0.4, -0.2) is 52.4 Å². The van der Waals surface area contributed by atoms with Gasteiger partial charge >= 0.3 is 12.1 Å². The summed E-state index contributed by atoms with van der Waals surface area (Å²) in [6.45, 7) is 0.484. The summed E-state index contributed by atoms with van der Waals surface area (Å²) < 4.78 is 5.32. The molecule has 0 spiro atoms. The molecule has 2 fully saturated rings. The van der Waals surface area contributed by atoms with Gasteiger partial charge in [-0.2, -0.15) is 0 Å². The highest BCUT2D eigenvalue weighted by Crippen LogP contribution is 2.26. The van der Waals surface area contributed by atoms with E-state index < -0.39 is 36.0 Å². The minimum absolute atomic E-state index is 0.0220. The van der Waals surface area contributed by atoms with Crippen molar-refractivity contribution in [3.63, 3.8) is 0 Å². The third-order valence-corrected chi connectivity index (χ3v) is 5.55. The molecule has 3 atom stereocenters. The zero-order chi connectivity index (χ0) is 20.8. The predicted octanol–water partition coefficient (Wildman–Crippen LogP) is 2.12. The number of Topliss-reactive ketones (excluding diaryl/α,β-unsaturated/α-hetero) is 1. The Bertz CT molecular complexity index is 766. The van der Waals surface area contributed by atoms with Crippen molar-refractivity contribution in [1.82, 2.24) is 10.2 Å². The summed E-state index contributed by atoms with van der Waals surface area (Å²) in [7, 11) is 0. The summed E-state index contributed by atoms with van der Waals surface area (Å²) in [6.07, 6.45) is 2.32. The molecule has 1 aromatic rings. The molecule has 0 aromatic heterocycles. The van der Waals surface area contributed by atoms with E-state index in [2.05, 4.69) is 5.32 Å². The fraction of sp³-hybridized carbons (Fsp3) is 0.524. The fourth-order valence-electron chi connectivity index (χ4n) is 4.03. The predicted molar refractivity (Wildman–Crippen MR) is 103 cm³/mol. The fourth-order valence-corrected chi connectivity index (χ4v) is 4.03. The number of amides is 2. The number of rotatable bonds is 6. The van der Waals surface area contributed by atoms with E-state index in [1.807, 2.05) is 30.3 Å². The first kappa shape index (κ1) is 20.8. The van der Waals surface area contributed by atoms with Crippen LogP contribution in [0.4, 0.5) is 4.79 Å². The molecule has 1 saturated heterocycles. The van der Waals surface area contributed by atoms with Crippen LogP contribution in [0.2, 0.25) is 0 Å². The number of carbonyl (C=O) groups excluding carboxylic acids is 3. The molecule has 2 amide bonds. The Morgan fingerprint density at radius 3 is 2.62 bits per heavy atom. The highest BCUT2D eigenvalue weighted by molar-refractivity contribution is 5.90. The minimum Gasteiger partial charge on any atom is -0.480 e. The first-order valence-electron chi connectivity index (χ1n) is 9.98. The molecule has 2 aliphatic rings. The molecular weight excluding hydrogens is 376 g/mol. The van der Waals surface area contributed by atoms with Gasteiger partial charge in [0.25, 0.3) is 0 Å². The summed E-state index contributed by atoms with van der Waals surface area (Å²) in [5, 5.41) is 12.1. The Morgan fingerprint density at radius 2 is 1.93 bits per heavy atom. The van der Waals surface area contributed by atoms with Crippen LogP contribution < -0.4 is 5.32 Å². The van der Waals surface area contributed by atoms with Crippen LogP contribution in [0, 0.1) is 5.92 Å². The first-order valence-corrected chi connectivity index (χ1v) is 9.98. The van der Waals surface area contributed by atoms with Gasteiger partial charge in [-0.25, -0.2) is 9.59 Å². The maximum absolute atomic E-state index is 12.8. The summed E-state index contributed by atoms with van der Waals surface area (Å²) >= 11 is 0. The second-order valence-electron chi connectivity index (χ2n) is 7.61. The molecule has 1 saturated carbocycles. The molecule has 29 heavy (non-hydrogen) atoms. The third-order valence-electron chi connectivity index (χ3n) is 5.55. The smallest absolute Gasteiger partial charge is 0.410 e. The monoisotopic (exact) mass is 402 g/mol. The minimum atomic E-state index is -1.16. The second-order valence-corrected chi connectivity index (χ2v) is 7.61. The van der Waals surface area contributed by atoms with E-state index in [1.54, 1.807) is 0 Å². The molecule has 1 aliphatic carbocycles. The van der Waals surface area contributed by atoms with Crippen molar-refractivity contribution >= 4 is 23.8 Å². The van der Waals surface area contributed by atoms with Gasteiger partial charge in [-0.05, 0) is 37.2 Å². The van der Waals surface area contributed by atoms with Crippen LogP contribution in [0.3, 0.4) is 0 Å². The largest absolute Gasteiger partial charge is 0.480 e. The van der Waals surface area contributed by atoms with Crippen LogP contribution in [0.1, 0.15) is 44.1 Å². The van der Waals surface area contributed by atoms with Crippen LogP contribution >= 0.6 is 0 Å². The van der Waals surface area contributed by atoms with Crippen molar-refractivity contribution in [3.8, 4) is 0 Å². The molecule has 0 unspecified atom stereocenters. The average Bonchev–Trinajstić information content (AvgIpc) is 3.21. The van der Waals surface area contributed by atoms with Crippen LogP contribution in [0.15, 0.2) is 30.3 Å². The van der Waals surface area contributed by atoms with Gasteiger partial charge in [0, 0.05) is 19.4 Å². The summed E-state index contributed by atoms with van der Waals surface area (Å²) in [5.74, 6) is -2.06. The molecule has 8 heteroatoms. The van der Waals surface area contributed by atoms with Gasteiger partial charge in [0.2, 0.25) is 5.91 Å². The number of hydrogen-bond acceptors (Lipinski definition) is 5. The lowest BCUT2D eigenvalue weighted by Crippen LogP contribution is -2.53. The number of ether oxygens (including phenoxy) is 1. The second kappa shape index (κ2) is 9.54. The van der Waals surface area contributed by atoms with E-state index in [9.17, 15) is 24.3 Å². The maximum Gasteiger partial charge on any atom is 0.410 e. The molecule has 3 rings (SSSR count). The van der Waals surface area contributed by atoms with Crippen molar-refractivity contribution in [2.75, 3.05) is 6.54 Å². The molecule has 2 N–H and O–H groups in total. The van der Waals surface area contributed by atoms with Gasteiger partial charge in [0.1, 0.15) is 24.5 Å². The van der Waals surface area contributed by atoms with E-state index in [0.717, 1.165) is 5.56 Å². The normalized spacial score (nSPS) is 22.8. The lowest BCUT2D eigenvalue weighted by Gasteiger charge is -2.30. The van der Waals surface area contributed by atoms with E-state index in [1.165, 1.54) is 4.90 Å². The van der Waals surface area contributed by atoms with Gasteiger partial charge < -0.3 is 15.2 Å². The molecule has 1 aromatic carbocycles. The maximum atomic E-state index is 12.8. The highest BCUT2D eigenvalue weighted by atomic mass is 16.6. The summed E-state index contributed by atoms with van der Waals surface area (Å²) in [6, 6.07) is 7.34. The molecule has 1 aliphatic heterocycles. The number of carboxylic acid groups (broad SMARTS) is 1. The Morgan fingerprint density at radius 1 is 1.17 bits per heavy atom. The molecule has 0 radical (unpaired) electrons. The van der Waals surface area contributed by atoms with Gasteiger partial charge in [-0.15, -0.1) is 0 Å². The van der Waals surface area contributed by atoms with Gasteiger partial charge in [-0.1, -0.05) is 30.3 Å². The lowest BCUT2D eigenvalue weighted by atomic mass is 9.83. The van der Waals surface area contributed by atoms with Crippen molar-refractivity contribution in [1.29, 1.82) is 0 Å². The van der Waals surface area contributed by atoms with E-state index in [-0.39, 0.29) is 18.8 Å². The van der Waals surface area contributed by atoms with Crippen molar-refractivity contribution in [2.45, 2.75) is 57.2 Å². The van der Waals surface area contributed by atoms with E-state index in [4.69, 9.17) is 4.74 Å². The number of benzene rings is 1. The molecule has 0 bridgehead atoms. The quantitative estimate of drug-likeness (QED) is 0.754. The molecule has 8 nitrogen and oxygen atoms in total. The molecular formula is C21H26N2O6. The van der Waals surface area contributed by atoms with Crippen LogP contribution in [0.25, 0.3) is 0 Å². The lowest BCUT2D eigenvalue weighted by molar-refractivity contribution is -0.145. The van der Waals surface area contributed by atoms with Gasteiger partial charge in [0.05, 0.1) is 0 Å². The number of nitrogens with one attached hydrogen (secondary N) is 1. The van der Waals surface area contributed by atoms with Crippen LogP contribution in [0.5, 0.6) is 0 Å². The Kier molecular flexibility index (Phi) is 6.85. The summed E-state index contributed by atoms with van der Waals surface area (Å²) in [4.78, 5) is 50.0. The average molecular weight is 402 g/mol. The zero-order valence-electron chi connectivity index (χ0n) is 16.2. The number of hydrogen-bond donors (Lipinski definition) is 2. The topological polar surface area (TPSA) is 113 Å². The summed E-state index contributed by atoms with van der Waals surface area (Å²) in [5.41, 5.74) is 0.842. The van der Waals surface area contributed by atoms with Gasteiger partial charge in [0.15, 0.2) is 0 Å². The number of ketones is 1. The zero-order valence-corrected chi connectivity index (χ0v) is 16.2. The van der Waals surface area contributed by atoms with Gasteiger partial charge in [-0.3, -0.25) is 14.5 Å².